The molecule has 1 heterocycles. The summed E-state index contributed by atoms with van der Waals surface area (Å²) in [6.45, 7) is 9.36. The summed E-state index contributed by atoms with van der Waals surface area (Å²) >= 11 is 0. The molecule has 27 heavy (non-hydrogen) atoms. The highest BCUT2D eigenvalue weighted by Gasteiger charge is 2.11. The van der Waals surface area contributed by atoms with Gasteiger partial charge in [0, 0.05) is 6.54 Å². The molecule has 0 aliphatic carbocycles. The van der Waals surface area contributed by atoms with E-state index in [1.54, 1.807) is 0 Å². The molecule has 1 N–H and O–H groups in total. The Morgan fingerprint density at radius 1 is 1.26 bits per heavy atom. The Bertz CT molecular complexity index is 959. The lowest BCUT2D eigenvalue weighted by Crippen LogP contribution is -2.22. The lowest BCUT2D eigenvalue weighted by atomic mass is 10.1. The summed E-state index contributed by atoms with van der Waals surface area (Å²) in [6, 6.07) is 14.2. The molecule has 1 amide bonds. The predicted molar refractivity (Wildman–Crippen MR) is 108 cm³/mol. The van der Waals surface area contributed by atoms with Gasteiger partial charge < -0.3 is 14.6 Å². The van der Waals surface area contributed by atoms with Crippen LogP contribution in [-0.2, 0) is 17.9 Å². The van der Waals surface area contributed by atoms with Crippen LogP contribution in [0.1, 0.15) is 23.4 Å². The average Bonchev–Trinajstić information content (AvgIpc) is 3.03. The van der Waals surface area contributed by atoms with Crippen LogP contribution in [0.25, 0.3) is 11.0 Å². The fraction of sp³-hybridized carbons (Fsp3) is 0.273. The molecule has 0 saturated carbocycles. The molecule has 0 bridgehead atoms. The van der Waals surface area contributed by atoms with E-state index in [0.29, 0.717) is 13.2 Å². The van der Waals surface area contributed by atoms with Gasteiger partial charge in [-0.05, 0) is 55.7 Å². The van der Waals surface area contributed by atoms with Gasteiger partial charge in [-0.25, -0.2) is 4.98 Å². The van der Waals surface area contributed by atoms with Crippen molar-refractivity contribution >= 4 is 16.9 Å². The predicted octanol–water partition coefficient (Wildman–Crippen LogP) is 3.92. The number of ether oxygens (including phenoxy) is 1. The van der Waals surface area contributed by atoms with Crippen molar-refractivity contribution in [1.29, 1.82) is 0 Å². The first-order valence-corrected chi connectivity index (χ1v) is 9.13. The zero-order valence-electron chi connectivity index (χ0n) is 15.9. The Morgan fingerprint density at radius 3 is 2.89 bits per heavy atom. The van der Waals surface area contributed by atoms with Gasteiger partial charge in [-0.3, -0.25) is 4.79 Å². The molecule has 0 saturated heterocycles. The number of aromatic nitrogens is 2. The minimum absolute atomic E-state index is 0.202. The number of hydrogen-bond acceptors (Lipinski definition) is 3. The highest BCUT2D eigenvalue weighted by atomic mass is 16.5. The third-order valence-electron chi connectivity index (χ3n) is 4.47. The van der Waals surface area contributed by atoms with Crippen LogP contribution in [0.3, 0.4) is 0 Å². The second kappa shape index (κ2) is 8.54. The first-order valence-electron chi connectivity index (χ1n) is 9.13. The maximum Gasteiger partial charge on any atom is 0.243 e. The van der Waals surface area contributed by atoms with E-state index in [9.17, 15) is 4.79 Å². The Balaban J connectivity index is 1.68. The van der Waals surface area contributed by atoms with Crippen molar-refractivity contribution in [2.45, 2.75) is 33.4 Å². The Labute approximate surface area is 159 Å². The fourth-order valence-corrected chi connectivity index (χ4v) is 3.02. The summed E-state index contributed by atoms with van der Waals surface area (Å²) in [6.07, 6.45) is 2.11. The van der Waals surface area contributed by atoms with Crippen LogP contribution in [0.4, 0.5) is 0 Å². The molecule has 0 aliphatic rings. The number of carbonyl (C=O) groups excluding carboxylic acids is 1. The molecule has 0 unspecified atom stereocenters. The largest absolute Gasteiger partial charge is 0.493 e. The SMILES string of the molecule is C=CC(=O)NCc1nc2ccccc2n1CCCOc1cc(C)ccc1C. The van der Waals surface area contributed by atoms with Gasteiger partial charge in [0.25, 0.3) is 0 Å². The second-order valence-electron chi connectivity index (χ2n) is 6.56. The van der Waals surface area contributed by atoms with E-state index in [0.717, 1.165) is 41.1 Å². The number of carbonyl (C=O) groups is 1. The number of nitrogens with zero attached hydrogens (tertiary/aromatic N) is 2. The van der Waals surface area contributed by atoms with Crippen molar-refractivity contribution in [3.8, 4) is 5.75 Å². The number of nitrogens with one attached hydrogen (secondary N) is 1. The quantitative estimate of drug-likeness (QED) is 0.487. The third-order valence-corrected chi connectivity index (χ3v) is 4.47. The fourth-order valence-electron chi connectivity index (χ4n) is 3.02. The monoisotopic (exact) mass is 363 g/mol. The van der Waals surface area contributed by atoms with Gasteiger partial charge in [-0.2, -0.15) is 0 Å². The van der Waals surface area contributed by atoms with Crippen LogP contribution in [0.15, 0.2) is 55.1 Å². The van der Waals surface area contributed by atoms with Crippen LogP contribution >= 0.6 is 0 Å². The van der Waals surface area contributed by atoms with Gasteiger partial charge in [0.1, 0.15) is 11.6 Å². The molecule has 3 rings (SSSR count). The van der Waals surface area contributed by atoms with Crippen molar-refractivity contribution in [2.24, 2.45) is 0 Å². The number of benzene rings is 2. The summed E-state index contributed by atoms with van der Waals surface area (Å²) in [5, 5.41) is 2.81. The zero-order chi connectivity index (χ0) is 19.2. The Kier molecular flexibility index (Phi) is 5.91. The maximum absolute atomic E-state index is 11.5. The van der Waals surface area contributed by atoms with Crippen molar-refractivity contribution in [2.75, 3.05) is 6.61 Å². The summed E-state index contributed by atoms with van der Waals surface area (Å²) in [5.41, 5.74) is 4.32. The molecular formula is C22H25N3O2. The van der Waals surface area contributed by atoms with E-state index < -0.39 is 0 Å². The lowest BCUT2D eigenvalue weighted by molar-refractivity contribution is -0.116. The van der Waals surface area contributed by atoms with Crippen LogP contribution in [0.5, 0.6) is 5.75 Å². The van der Waals surface area contributed by atoms with E-state index in [1.165, 1.54) is 11.6 Å². The van der Waals surface area contributed by atoms with Crippen molar-refractivity contribution < 1.29 is 9.53 Å². The molecule has 0 fully saturated rings. The Hall–Kier alpha value is -3.08. The molecule has 0 spiro atoms. The van der Waals surface area contributed by atoms with E-state index in [2.05, 4.69) is 53.5 Å². The topological polar surface area (TPSA) is 56.2 Å². The summed E-state index contributed by atoms with van der Waals surface area (Å²) < 4.78 is 8.11. The summed E-state index contributed by atoms with van der Waals surface area (Å²) in [7, 11) is 0. The zero-order valence-corrected chi connectivity index (χ0v) is 15.9. The van der Waals surface area contributed by atoms with Crippen molar-refractivity contribution in [3.63, 3.8) is 0 Å². The third kappa shape index (κ3) is 4.56. The molecular weight excluding hydrogens is 338 g/mol. The van der Waals surface area contributed by atoms with Gasteiger partial charge in [0.2, 0.25) is 5.91 Å². The van der Waals surface area contributed by atoms with E-state index in [1.807, 2.05) is 24.3 Å². The average molecular weight is 363 g/mol. The van der Waals surface area contributed by atoms with Crippen LogP contribution in [-0.4, -0.2) is 22.1 Å². The first-order chi connectivity index (χ1) is 13.1. The number of hydrogen-bond donors (Lipinski definition) is 1. The molecule has 5 nitrogen and oxygen atoms in total. The minimum Gasteiger partial charge on any atom is -0.493 e. The van der Waals surface area contributed by atoms with E-state index in [4.69, 9.17) is 4.74 Å². The molecule has 1 aromatic heterocycles. The number of imidazole rings is 1. The number of aryl methyl sites for hydroxylation is 3. The number of para-hydroxylation sites is 2. The first kappa shape index (κ1) is 18.7. The van der Waals surface area contributed by atoms with Crippen LogP contribution in [0, 0.1) is 13.8 Å². The summed E-state index contributed by atoms with van der Waals surface area (Å²) in [5.74, 6) is 1.56. The van der Waals surface area contributed by atoms with Gasteiger partial charge in [-0.1, -0.05) is 30.8 Å². The number of rotatable bonds is 8. The van der Waals surface area contributed by atoms with E-state index >= 15 is 0 Å². The molecule has 2 aromatic carbocycles. The number of amides is 1. The highest BCUT2D eigenvalue weighted by Crippen LogP contribution is 2.20. The van der Waals surface area contributed by atoms with Crippen LogP contribution in [0.2, 0.25) is 0 Å². The van der Waals surface area contributed by atoms with Gasteiger partial charge in [-0.15, -0.1) is 0 Å². The molecule has 0 atom stereocenters. The van der Waals surface area contributed by atoms with Gasteiger partial charge >= 0.3 is 0 Å². The summed E-state index contributed by atoms with van der Waals surface area (Å²) in [4.78, 5) is 16.2. The van der Waals surface area contributed by atoms with Gasteiger partial charge in [0.05, 0.1) is 24.2 Å². The molecule has 3 aromatic rings. The minimum atomic E-state index is -0.202. The maximum atomic E-state index is 11.5. The highest BCUT2D eigenvalue weighted by molar-refractivity contribution is 5.86. The molecule has 0 radical (unpaired) electrons. The van der Waals surface area contributed by atoms with Gasteiger partial charge in [0.15, 0.2) is 0 Å². The molecule has 140 valence electrons. The molecule has 5 heteroatoms. The van der Waals surface area contributed by atoms with E-state index in [-0.39, 0.29) is 5.91 Å². The lowest BCUT2D eigenvalue weighted by Gasteiger charge is -2.12. The normalized spacial score (nSPS) is 10.7. The van der Waals surface area contributed by atoms with Crippen molar-refractivity contribution in [3.05, 3.63) is 72.1 Å². The smallest absolute Gasteiger partial charge is 0.243 e. The molecule has 0 aliphatic heterocycles. The standard InChI is InChI=1S/C22H25N3O2/c1-4-22(26)23-15-21-24-18-8-5-6-9-19(18)25(21)12-7-13-27-20-14-16(2)10-11-17(20)3/h4-6,8-11,14H,1,7,12-13,15H2,2-3H3,(H,23,26). The van der Waals surface area contributed by atoms with Crippen LogP contribution < -0.4 is 10.1 Å². The Morgan fingerprint density at radius 2 is 2.07 bits per heavy atom. The van der Waals surface area contributed by atoms with Crippen molar-refractivity contribution in [1.82, 2.24) is 14.9 Å². The number of fused-ring (bicyclic) bond motifs is 1. The second-order valence-corrected chi connectivity index (χ2v) is 6.56.